The van der Waals surface area contributed by atoms with Crippen LogP contribution < -0.4 is 21.3 Å². The number of nitrogens with zero attached hydrogens (tertiary/aromatic N) is 3. The smallest absolute Gasteiger partial charge is 0.328 e. The van der Waals surface area contributed by atoms with Crippen LogP contribution >= 0.6 is 0 Å². The first-order chi connectivity index (χ1) is 32.3. The van der Waals surface area contributed by atoms with Gasteiger partial charge in [-0.1, -0.05) is 106 Å². The van der Waals surface area contributed by atoms with Crippen molar-refractivity contribution < 1.29 is 47.8 Å². The normalized spacial score (nSPS) is 18.0. The number of esters is 1. The molecule has 0 radical (unpaired) electrons. The lowest BCUT2D eigenvalue weighted by atomic mass is 9.89. The predicted octanol–water partition coefficient (Wildman–Crippen LogP) is 4.35. The molecule has 0 saturated carbocycles. The summed E-state index contributed by atoms with van der Waals surface area (Å²) in [4.78, 5) is 100. The first-order valence-electron chi connectivity index (χ1n) is 25.0. The Hall–Kier alpha value is -4.61. The van der Waals surface area contributed by atoms with Crippen molar-refractivity contribution in [3.63, 3.8) is 0 Å². The molecule has 0 bridgehead atoms. The summed E-state index contributed by atoms with van der Waals surface area (Å²) < 4.78 is 17.4. The average molecular weight is 972 g/mol. The maximum Gasteiger partial charge on any atom is 0.328 e. The number of likely N-dealkylation sites (tertiary alicyclic amines) is 1. The molecular weight excluding hydrogens is 883 g/mol. The molecule has 1 saturated heterocycles. The number of likely N-dealkylation sites (N-methyl/N-ethyl adjacent to an activating group) is 2. The maximum atomic E-state index is 14.4. The number of benzene rings is 1. The molecule has 17 heteroatoms. The van der Waals surface area contributed by atoms with Gasteiger partial charge in [0, 0.05) is 47.2 Å². The van der Waals surface area contributed by atoms with Crippen LogP contribution in [-0.2, 0) is 54.2 Å². The fourth-order valence-electron chi connectivity index (χ4n) is 9.31. The standard InChI is InChI=1S/C52H89N7O10/c1-17-34(6)45(58(14)50(65)43(32(2)3)56-49(64)44(33(4)5)57(12)13)40(67-15)30-42(61)59-27-21-25-39(59)46(68-16)35(7)47(62)55-38(29-37-23-19-18-20-24-37)48(63)53-26-22-28-69-51(66)36(8)54-41(60)31-52(9,10)11/h18-20,23-24,32-36,38-40,43-46H,17,21-22,25-31H2,1-16H3,(H,53,63)(H,54,60)(H,55,62)(H,56,64)/t34-,35+,36-,38-,39-,40+,43-,44-,45-,46+/m0/s1. The van der Waals surface area contributed by atoms with E-state index in [-0.39, 0.29) is 79.2 Å². The molecule has 1 fully saturated rings. The van der Waals surface area contributed by atoms with E-state index in [2.05, 4.69) is 21.3 Å². The van der Waals surface area contributed by atoms with Crippen LogP contribution in [0.25, 0.3) is 0 Å². The van der Waals surface area contributed by atoms with Gasteiger partial charge in [-0.3, -0.25) is 33.7 Å². The molecule has 6 amide bonds. The highest BCUT2D eigenvalue weighted by Crippen LogP contribution is 2.30. The SMILES string of the molecule is CC[C@H](C)[C@@H]([C@@H](CC(=O)N1CCC[C@H]1[C@H](OC)[C@@H](C)C(=O)N[C@@H](Cc1ccccc1)C(=O)NCCCOC(=O)[C@H](C)NC(=O)CC(C)(C)C)OC)N(C)C(=O)[C@@H](NC(=O)[C@H](C(C)C)N(C)C)C(C)C. The Morgan fingerprint density at radius 3 is 2.00 bits per heavy atom. The number of carbonyl (C=O) groups excluding carboxylic acids is 7. The van der Waals surface area contributed by atoms with Crippen LogP contribution in [0.15, 0.2) is 30.3 Å². The summed E-state index contributed by atoms with van der Waals surface area (Å²) in [6.07, 6.45) is 1.34. The second-order valence-corrected chi connectivity index (χ2v) is 21.1. The fraction of sp³-hybridized carbons (Fsp3) is 0.750. The van der Waals surface area contributed by atoms with Crippen LogP contribution in [-0.4, -0.2) is 160 Å². The second kappa shape index (κ2) is 28.9. The number of rotatable bonds is 28. The highest BCUT2D eigenvalue weighted by atomic mass is 16.5. The third-order valence-electron chi connectivity index (χ3n) is 13.1. The highest BCUT2D eigenvalue weighted by molar-refractivity contribution is 5.91. The lowest BCUT2D eigenvalue weighted by molar-refractivity contribution is -0.148. The van der Waals surface area contributed by atoms with Crippen molar-refractivity contribution in [1.82, 2.24) is 36.0 Å². The zero-order chi connectivity index (χ0) is 52.3. The molecule has 4 N–H and O–H groups in total. The quantitative estimate of drug-likeness (QED) is 0.0687. The molecule has 1 aliphatic heterocycles. The van der Waals surface area contributed by atoms with E-state index in [0.717, 1.165) is 5.56 Å². The lowest BCUT2D eigenvalue weighted by Crippen LogP contribution is -2.59. The second-order valence-electron chi connectivity index (χ2n) is 21.1. The van der Waals surface area contributed by atoms with Crippen molar-refractivity contribution in [2.24, 2.45) is 29.1 Å². The van der Waals surface area contributed by atoms with Crippen LogP contribution in [0.4, 0.5) is 0 Å². The van der Waals surface area contributed by atoms with E-state index in [0.29, 0.717) is 32.2 Å². The summed E-state index contributed by atoms with van der Waals surface area (Å²) in [5.74, 6) is -3.37. The van der Waals surface area contributed by atoms with E-state index >= 15 is 0 Å². The van der Waals surface area contributed by atoms with Crippen LogP contribution in [0.2, 0.25) is 0 Å². The van der Waals surface area contributed by atoms with E-state index < -0.39 is 72.2 Å². The summed E-state index contributed by atoms with van der Waals surface area (Å²) in [5, 5.41) is 11.5. The molecule has 69 heavy (non-hydrogen) atoms. The average Bonchev–Trinajstić information content (AvgIpc) is 3.76. The molecule has 17 nitrogen and oxygen atoms in total. The molecule has 1 heterocycles. The Morgan fingerprint density at radius 2 is 1.46 bits per heavy atom. The molecule has 0 aromatic heterocycles. The molecule has 2 rings (SSSR count). The van der Waals surface area contributed by atoms with Gasteiger partial charge in [0.1, 0.15) is 18.1 Å². The minimum atomic E-state index is -0.949. The summed E-state index contributed by atoms with van der Waals surface area (Å²) in [6.45, 7) is 21.5. The number of nitrogens with one attached hydrogen (secondary N) is 4. The van der Waals surface area contributed by atoms with Crippen molar-refractivity contribution in [2.45, 2.75) is 170 Å². The van der Waals surface area contributed by atoms with Gasteiger partial charge >= 0.3 is 5.97 Å². The van der Waals surface area contributed by atoms with Gasteiger partial charge in [-0.2, -0.15) is 0 Å². The van der Waals surface area contributed by atoms with Crippen molar-refractivity contribution in [2.75, 3.05) is 55.1 Å². The molecule has 0 unspecified atom stereocenters. The monoisotopic (exact) mass is 972 g/mol. The topological polar surface area (TPSA) is 205 Å². The molecule has 392 valence electrons. The first-order valence-corrected chi connectivity index (χ1v) is 25.0. The third-order valence-corrected chi connectivity index (χ3v) is 13.1. The predicted molar refractivity (Wildman–Crippen MR) is 268 cm³/mol. The van der Waals surface area contributed by atoms with Gasteiger partial charge in [-0.25, -0.2) is 4.79 Å². The largest absolute Gasteiger partial charge is 0.464 e. The number of hydrogen-bond acceptors (Lipinski definition) is 11. The molecule has 0 spiro atoms. The third kappa shape index (κ3) is 18.9. The molecule has 1 aliphatic rings. The molecule has 10 atom stereocenters. The summed E-state index contributed by atoms with van der Waals surface area (Å²) in [6, 6.07) is 5.37. The van der Waals surface area contributed by atoms with Crippen LogP contribution in [0.1, 0.15) is 120 Å². The van der Waals surface area contributed by atoms with E-state index in [9.17, 15) is 33.6 Å². The van der Waals surface area contributed by atoms with E-state index in [4.69, 9.17) is 14.2 Å². The maximum absolute atomic E-state index is 14.4. The minimum Gasteiger partial charge on any atom is -0.464 e. The Balaban J connectivity index is 2.21. The fourth-order valence-corrected chi connectivity index (χ4v) is 9.31. The molecule has 1 aromatic rings. The Morgan fingerprint density at radius 1 is 0.826 bits per heavy atom. The highest BCUT2D eigenvalue weighted by Gasteiger charge is 2.43. The number of carbonyl (C=O) groups is 7. The van der Waals surface area contributed by atoms with Crippen molar-refractivity contribution in [1.29, 1.82) is 0 Å². The van der Waals surface area contributed by atoms with Gasteiger partial charge in [-0.05, 0) is 69.0 Å². The van der Waals surface area contributed by atoms with Gasteiger partial charge in [0.2, 0.25) is 35.4 Å². The Bertz CT molecular complexity index is 1800. The Labute approximate surface area is 413 Å². The van der Waals surface area contributed by atoms with Gasteiger partial charge in [0.15, 0.2) is 0 Å². The summed E-state index contributed by atoms with van der Waals surface area (Å²) in [7, 11) is 8.46. The number of methoxy groups -OCH3 is 2. The molecular formula is C52H89N7O10. The molecule has 1 aromatic carbocycles. The number of amides is 6. The zero-order valence-corrected chi connectivity index (χ0v) is 44.8. The van der Waals surface area contributed by atoms with Crippen molar-refractivity contribution in [3.8, 4) is 0 Å². The van der Waals surface area contributed by atoms with Crippen molar-refractivity contribution >= 4 is 41.4 Å². The van der Waals surface area contributed by atoms with Gasteiger partial charge in [0.25, 0.3) is 0 Å². The van der Waals surface area contributed by atoms with Crippen LogP contribution in [0.3, 0.4) is 0 Å². The van der Waals surface area contributed by atoms with Gasteiger partial charge in [-0.15, -0.1) is 0 Å². The van der Waals surface area contributed by atoms with Crippen molar-refractivity contribution in [3.05, 3.63) is 35.9 Å². The van der Waals surface area contributed by atoms with Gasteiger partial charge in [0.05, 0.1) is 49.3 Å². The summed E-state index contributed by atoms with van der Waals surface area (Å²) in [5.41, 5.74) is 0.606. The lowest BCUT2D eigenvalue weighted by Gasteiger charge is -2.41. The minimum absolute atomic E-state index is 0.0180. The zero-order valence-electron chi connectivity index (χ0n) is 44.8. The first kappa shape index (κ1) is 60.5. The van der Waals surface area contributed by atoms with E-state index in [1.807, 2.05) is 112 Å². The van der Waals surface area contributed by atoms with Crippen LogP contribution in [0, 0.1) is 29.1 Å². The van der Waals surface area contributed by atoms with E-state index in [1.54, 1.807) is 37.8 Å². The Kier molecular flexibility index (Phi) is 25.4. The number of hydrogen-bond donors (Lipinski definition) is 4. The summed E-state index contributed by atoms with van der Waals surface area (Å²) >= 11 is 0. The van der Waals surface area contributed by atoms with E-state index in [1.165, 1.54) is 7.11 Å². The molecule has 0 aliphatic carbocycles. The van der Waals surface area contributed by atoms with Gasteiger partial charge < -0.3 is 45.3 Å². The number of ether oxygens (including phenoxy) is 3. The van der Waals surface area contributed by atoms with Crippen LogP contribution in [0.5, 0.6) is 0 Å².